The summed E-state index contributed by atoms with van der Waals surface area (Å²) in [6.07, 6.45) is 8.39. The first kappa shape index (κ1) is 15.0. The second kappa shape index (κ2) is 5.92. The van der Waals surface area contributed by atoms with Crippen LogP contribution in [0.4, 0.5) is 0 Å². The fourth-order valence-corrected chi connectivity index (χ4v) is 3.12. The first-order valence-electron chi connectivity index (χ1n) is 7.24. The highest BCUT2D eigenvalue weighted by molar-refractivity contribution is 9.10. The van der Waals surface area contributed by atoms with Gasteiger partial charge in [-0.3, -0.25) is 4.98 Å². The molecule has 0 aromatic carbocycles. The van der Waals surface area contributed by atoms with Crippen molar-refractivity contribution in [2.24, 2.45) is 5.41 Å². The van der Waals surface area contributed by atoms with Crippen LogP contribution in [0.25, 0.3) is 0 Å². The largest absolute Gasteiger partial charge is 0.312 e. The summed E-state index contributed by atoms with van der Waals surface area (Å²) in [5.41, 5.74) is 1.83. The summed E-state index contributed by atoms with van der Waals surface area (Å²) in [5, 5.41) is 3.70. The third-order valence-corrected chi connectivity index (χ3v) is 4.47. The van der Waals surface area contributed by atoms with Crippen LogP contribution >= 0.6 is 15.9 Å². The molecule has 19 heavy (non-hydrogen) atoms. The first-order valence-corrected chi connectivity index (χ1v) is 8.03. The Morgan fingerprint density at radius 2 is 1.95 bits per heavy atom. The van der Waals surface area contributed by atoms with Crippen molar-refractivity contribution in [1.82, 2.24) is 10.3 Å². The minimum Gasteiger partial charge on any atom is -0.312 e. The molecule has 0 amide bonds. The monoisotopic (exact) mass is 324 g/mol. The minimum absolute atomic E-state index is 0.197. The Hall–Kier alpha value is -0.410. The van der Waals surface area contributed by atoms with E-state index in [9.17, 15) is 0 Å². The van der Waals surface area contributed by atoms with E-state index in [1.165, 1.54) is 31.4 Å². The molecule has 1 heterocycles. The molecule has 1 fully saturated rings. The van der Waals surface area contributed by atoms with Gasteiger partial charge in [0.05, 0.1) is 0 Å². The van der Waals surface area contributed by atoms with Gasteiger partial charge in [-0.1, -0.05) is 12.8 Å². The van der Waals surface area contributed by atoms with Crippen LogP contribution in [0.3, 0.4) is 0 Å². The van der Waals surface area contributed by atoms with Crippen molar-refractivity contribution in [2.45, 2.75) is 58.4 Å². The number of rotatable bonds is 4. The van der Waals surface area contributed by atoms with Crippen molar-refractivity contribution >= 4 is 15.9 Å². The van der Waals surface area contributed by atoms with Crippen molar-refractivity contribution in [3.8, 4) is 0 Å². The topological polar surface area (TPSA) is 24.9 Å². The van der Waals surface area contributed by atoms with Gasteiger partial charge >= 0.3 is 0 Å². The average molecular weight is 325 g/mol. The highest BCUT2D eigenvalue weighted by atomic mass is 79.9. The second-order valence-electron chi connectivity index (χ2n) is 6.96. The Kier molecular flexibility index (Phi) is 4.67. The Morgan fingerprint density at radius 3 is 2.47 bits per heavy atom. The van der Waals surface area contributed by atoms with Gasteiger partial charge in [-0.2, -0.15) is 0 Å². The van der Waals surface area contributed by atoms with E-state index in [1.54, 1.807) is 0 Å². The van der Waals surface area contributed by atoms with Gasteiger partial charge in [0, 0.05) is 28.4 Å². The molecule has 2 rings (SSSR count). The molecule has 106 valence electrons. The molecule has 0 spiro atoms. The average Bonchev–Trinajstić information content (AvgIpc) is 2.78. The Morgan fingerprint density at radius 1 is 1.26 bits per heavy atom. The molecular formula is C16H25BrN2. The fraction of sp³-hybridized carbons (Fsp3) is 0.688. The molecule has 2 nitrogen and oxygen atoms in total. The zero-order valence-electron chi connectivity index (χ0n) is 12.3. The van der Waals surface area contributed by atoms with E-state index in [-0.39, 0.29) is 5.54 Å². The number of halogens is 1. The van der Waals surface area contributed by atoms with Gasteiger partial charge in [0.25, 0.3) is 0 Å². The highest BCUT2D eigenvalue weighted by Gasteiger charge is 2.35. The molecular weight excluding hydrogens is 300 g/mol. The molecule has 0 unspecified atom stereocenters. The molecule has 0 radical (unpaired) electrons. The number of nitrogens with one attached hydrogen (secondary N) is 1. The molecule has 1 aliphatic carbocycles. The van der Waals surface area contributed by atoms with Crippen molar-refractivity contribution < 1.29 is 0 Å². The maximum Gasteiger partial charge on any atom is 0.0413 e. The lowest BCUT2D eigenvalue weighted by molar-refractivity contribution is 0.243. The van der Waals surface area contributed by atoms with E-state index in [0.717, 1.165) is 17.4 Å². The molecule has 0 bridgehead atoms. The van der Waals surface area contributed by atoms with Gasteiger partial charge in [-0.15, -0.1) is 0 Å². The maximum atomic E-state index is 4.56. The molecule has 0 aliphatic heterocycles. The third-order valence-electron chi connectivity index (χ3n) is 4.00. The summed E-state index contributed by atoms with van der Waals surface area (Å²) in [5.74, 6) is 0. The lowest BCUT2D eigenvalue weighted by atomic mass is 9.80. The van der Waals surface area contributed by atoms with E-state index < -0.39 is 0 Å². The molecule has 1 N–H and O–H groups in total. The van der Waals surface area contributed by atoms with Crippen molar-refractivity contribution in [2.75, 3.05) is 6.54 Å². The van der Waals surface area contributed by atoms with Gasteiger partial charge in [0.1, 0.15) is 0 Å². The molecule has 0 saturated heterocycles. The standard InChI is InChI=1S/C16H25BrN2/c1-15(2,3)19-12-16(8-4-5-9-16)10-14-7-6-13(17)11-18-14/h6-7,11,19H,4-5,8-10,12H2,1-3H3. The Bertz CT molecular complexity index is 400. The predicted octanol–water partition coefficient (Wildman–Crippen LogP) is 4.34. The quantitative estimate of drug-likeness (QED) is 0.891. The van der Waals surface area contributed by atoms with Crippen LogP contribution in [-0.2, 0) is 6.42 Å². The predicted molar refractivity (Wildman–Crippen MR) is 84.3 cm³/mol. The van der Waals surface area contributed by atoms with Crippen LogP contribution in [0.2, 0.25) is 0 Å². The summed E-state index contributed by atoms with van der Waals surface area (Å²) in [6.45, 7) is 7.84. The van der Waals surface area contributed by atoms with Crippen LogP contribution < -0.4 is 5.32 Å². The zero-order valence-corrected chi connectivity index (χ0v) is 13.9. The van der Waals surface area contributed by atoms with Crippen molar-refractivity contribution in [3.05, 3.63) is 28.5 Å². The van der Waals surface area contributed by atoms with E-state index in [4.69, 9.17) is 0 Å². The van der Waals surface area contributed by atoms with E-state index in [2.05, 4.69) is 59.1 Å². The minimum atomic E-state index is 0.197. The van der Waals surface area contributed by atoms with Gasteiger partial charge < -0.3 is 5.32 Å². The number of hydrogen-bond acceptors (Lipinski definition) is 2. The summed E-state index contributed by atoms with van der Waals surface area (Å²) in [6, 6.07) is 4.25. The molecule has 1 aromatic heterocycles. The lowest BCUT2D eigenvalue weighted by Gasteiger charge is -2.33. The van der Waals surface area contributed by atoms with Gasteiger partial charge in [-0.05, 0) is 73.5 Å². The van der Waals surface area contributed by atoms with Gasteiger partial charge in [0.2, 0.25) is 0 Å². The van der Waals surface area contributed by atoms with Crippen LogP contribution in [0.5, 0.6) is 0 Å². The Labute approximate surface area is 125 Å². The van der Waals surface area contributed by atoms with E-state index in [1.807, 2.05) is 6.20 Å². The smallest absolute Gasteiger partial charge is 0.0413 e. The van der Waals surface area contributed by atoms with Crippen LogP contribution in [0.15, 0.2) is 22.8 Å². The van der Waals surface area contributed by atoms with E-state index >= 15 is 0 Å². The lowest BCUT2D eigenvalue weighted by Crippen LogP contribution is -2.44. The van der Waals surface area contributed by atoms with Crippen molar-refractivity contribution in [3.63, 3.8) is 0 Å². The molecule has 1 aromatic rings. The van der Waals surface area contributed by atoms with Gasteiger partial charge in [0.15, 0.2) is 0 Å². The van der Waals surface area contributed by atoms with Crippen LogP contribution in [0, 0.1) is 5.41 Å². The summed E-state index contributed by atoms with van der Waals surface area (Å²) in [4.78, 5) is 4.56. The zero-order chi connectivity index (χ0) is 13.9. The number of hydrogen-bond donors (Lipinski definition) is 1. The van der Waals surface area contributed by atoms with Crippen LogP contribution in [0.1, 0.15) is 52.1 Å². The third kappa shape index (κ3) is 4.57. The van der Waals surface area contributed by atoms with E-state index in [0.29, 0.717) is 5.41 Å². The molecule has 3 heteroatoms. The number of nitrogens with zero attached hydrogens (tertiary/aromatic N) is 1. The molecule has 1 aliphatic rings. The van der Waals surface area contributed by atoms with Crippen molar-refractivity contribution in [1.29, 1.82) is 0 Å². The highest BCUT2D eigenvalue weighted by Crippen LogP contribution is 2.40. The van der Waals surface area contributed by atoms with Crippen LogP contribution in [-0.4, -0.2) is 17.1 Å². The SMILES string of the molecule is CC(C)(C)NCC1(Cc2ccc(Br)cn2)CCCC1. The summed E-state index contributed by atoms with van der Waals surface area (Å²) < 4.78 is 1.06. The molecule has 1 saturated carbocycles. The summed E-state index contributed by atoms with van der Waals surface area (Å²) in [7, 11) is 0. The maximum absolute atomic E-state index is 4.56. The first-order chi connectivity index (χ1) is 8.89. The van der Waals surface area contributed by atoms with Gasteiger partial charge in [-0.25, -0.2) is 0 Å². The second-order valence-corrected chi connectivity index (χ2v) is 7.87. The number of pyridine rings is 1. The molecule has 0 atom stereocenters. The Balaban J connectivity index is 2.05. The fourth-order valence-electron chi connectivity index (χ4n) is 2.89. The number of aromatic nitrogens is 1. The summed E-state index contributed by atoms with van der Waals surface area (Å²) >= 11 is 3.45. The normalized spacial score (nSPS) is 18.7.